The quantitative estimate of drug-likeness (QED) is 0.266. The van der Waals surface area contributed by atoms with Crippen LogP contribution in [0.15, 0.2) is 68.0 Å². The number of non-ortho nitro benzene ring substituents is 1. The van der Waals surface area contributed by atoms with Crippen molar-refractivity contribution in [2.75, 3.05) is 20.3 Å². The van der Waals surface area contributed by atoms with Crippen molar-refractivity contribution in [1.82, 2.24) is 4.90 Å². The molecule has 2 aliphatic rings. The topological polar surface area (TPSA) is 132 Å². The van der Waals surface area contributed by atoms with Gasteiger partial charge in [0.15, 0.2) is 5.78 Å². The van der Waals surface area contributed by atoms with E-state index in [1.807, 2.05) is 17.0 Å². The molecule has 11 heteroatoms. The number of Topliss-reactive ketones (excluding diaryl/α,β-unsaturated/α-hetero) is 1. The van der Waals surface area contributed by atoms with Crippen molar-refractivity contribution < 1.29 is 19.2 Å². The first-order chi connectivity index (χ1) is 18.5. The third-order valence-electron chi connectivity index (χ3n) is 6.86. The van der Waals surface area contributed by atoms with E-state index in [-0.39, 0.29) is 23.5 Å². The van der Waals surface area contributed by atoms with Crippen molar-refractivity contribution in [3.05, 3.63) is 89.2 Å². The van der Waals surface area contributed by atoms with Crippen LogP contribution in [0.4, 0.5) is 5.69 Å². The number of nitrogens with zero attached hydrogens (tertiary/aromatic N) is 3. The largest absolute Gasteiger partial charge is 0.487 e. The lowest BCUT2D eigenvalue weighted by molar-refractivity contribution is -0.384. The van der Waals surface area contributed by atoms with E-state index in [9.17, 15) is 20.2 Å². The number of methoxy groups -OCH3 is 1. The maximum absolute atomic E-state index is 13.6. The number of ketones is 1. The summed E-state index contributed by atoms with van der Waals surface area (Å²) in [6.07, 6.45) is 1.01. The van der Waals surface area contributed by atoms with Gasteiger partial charge in [-0.2, -0.15) is 5.26 Å². The first-order valence-electron chi connectivity index (χ1n) is 12.2. The standard InChI is InChI=1S/C28H28Br2N4O5/c1-28(2)12-22-25(23(35)13-28)24(19(14-31)27(32)33(22)7-8-38-3)17-10-20(29)26(21(30)11-17)39-15-16-5-4-6-18(9-16)34(36)37/h4-6,9-11,24H,7-8,12-13,15,32H2,1-3H3/t24-/m1/s1. The van der Waals surface area contributed by atoms with Gasteiger partial charge in [-0.05, 0) is 67.0 Å². The molecule has 2 aromatic rings. The van der Waals surface area contributed by atoms with Crippen molar-refractivity contribution in [1.29, 1.82) is 5.26 Å². The number of nitro groups is 1. The van der Waals surface area contributed by atoms with Crippen LogP contribution in [0.1, 0.15) is 43.7 Å². The Labute approximate surface area is 243 Å². The highest BCUT2D eigenvalue weighted by molar-refractivity contribution is 9.11. The number of halogens is 2. The normalized spacial score (nSPS) is 18.6. The molecule has 0 saturated carbocycles. The zero-order valence-corrected chi connectivity index (χ0v) is 25.0. The molecule has 39 heavy (non-hydrogen) atoms. The summed E-state index contributed by atoms with van der Waals surface area (Å²) in [5.74, 6) is 0.170. The highest BCUT2D eigenvalue weighted by atomic mass is 79.9. The second-order valence-electron chi connectivity index (χ2n) is 10.3. The Hall–Kier alpha value is -3.20. The summed E-state index contributed by atoms with van der Waals surface area (Å²) >= 11 is 7.16. The van der Waals surface area contributed by atoms with Crippen molar-refractivity contribution in [3.63, 3.8) is 0 Å². The van der Waals surface area contributed by atoms with Crippen molar-refractivity contribution in [2.24, 2.45) is 11.1 Å². The van der Waals surface area contributed by atoms with E-state index in [4.69, 9.17) is 15.2 Å². The summed E-state index contributed by atoms with van der Waals surface area (Å²) in [6, 6.07) is 12.2. The Kier molecular flexibility index (Phi) is 8.49. The highest BCUT2D eigenvalue weighted by Crippen LogP contribution is 2.50. The average Bonchev–Trinajstić information content (AvgIpc) is 2.86. The van der Waals surface area contributed by atoms with Gasteiger partial charge in [-0.15, -0.1) is 0 Å². The Morgan fingerprint density at radius 1 is 1.23 bits per heavy atom. The number of allylic oxidation sites excluding steroid dienone is 3. The highest BCUT2D eigenvalue weighted by Gasteiger charge is 2.44. The number of carbonyl (C=O) groups excluding carboxylic acids is 1. The van der Waals surface area contributed by atoms with E-state index in [2.05, 4.69) is 51.8 Å². The first-order valence-corrected chi connectivity index (χ1v) is 13.8. The van der Waals surface area contributed by atoms with Crippen molar-refractivity contribution in [3.8, 4) is 11.8 Å². The van der Waals surface area contributed by atoms with Crippen LogP contribution in [-0.2, 0) is 16.1 Å². The van der Waals surface area contributed by atoms with E-state index in [1.54, 1.807) is 19.2 Å². The lowest BCUT2D eigenvalue weighted by atomic mass is 9.68. The predicted molar refractivity (Wildman–Crippen MR) is 152 cm³/mol. The van der Waals surface area contributed by atoms with Gasteiger partial charge in [0, 0.05) is 43.5 Å². The molecule has 9 nitrogen and oxygen atoms in total. The number of hydrogen-bond acceptors (Lipinski definition) is 8. The smallest absolute Gasteiger partial charge is 0.269 e. The lowest BCUT2D eigenvalue weighted by Gasteiger charge is -2.43. The van der Waals surface area contributed by atoms with Gasteiger partial charge in [-0.1, -0.05) is 26.0 Å². The predicted octanol–water partition coefficient (Wildman–Crippen LogP) is 6.08. The molecule has 0 fully saturated rings. The van der Waals surface area contributed by atoms with E-state index in [0.717, 1.165) is 5.70 Å². The van der Waals surface area contributed by atoms with Crippen LogP contribution in [0.25, 0.3) is 0 Å². The molecule has 0 unspecified atom stereocenters. The van der Waals surface area contributed by atoms with E-state index in [1.165, 1.54) is 12.1 Å². The zero-order chi connectivity index (χ0) is 28.5. The number of nitrogens with two attached hydrogens (primary N) is 1. The number of nitriles is 1. The minimum atomic E-state index is -0.634. The fourth-order valence-electron chi connectivity index (χ4n) is 5.15. The van der Waals surface area contributed by atoms with Gasteiger partial charge in [-0.3, -0.25) is 14.9 Å². The first kappa shape index (κ1) is 28.8. The van der Waals surface area contributed by atoms with E-state index >= 15 is 0 Å². The van der Waals surface area contributed by atoms with E-state index in [0.29, 0.717) is 68.8 Å². The number of nitro benzene ring substituents is 1. The zero-order valence-electron chi connectivity index (χ0n) is 21.8. The van der Waals surface area contributed by atoms with Gasteiger partial charge in [0.2, 0.25) is 0 Å². The molecular weight excluding hydrogens is 632 g/mol. The van der Waals surface area contributed by atoms with Crippen molar-refractivity contribution >= 4 is 43.3 Å². The van der Waals surface area contributed by atoms with Gasteiger partial charge >= 0.3 is 0 Å². The molecule has 2 N–H and O–H groups in total. The summed E-state index contributed by atoms with van der Waals surface area (Å²) < 4.78 is 12.5. The van der Waals surface area contributed by atoms with Crippen LogP contribution >= 0.6 is 31.9 Å². The fraction of sp³-hybridized carbons (Fsp3) is 0.357. The second-order valence-corrected chi connectivity index (χ2v) is 12.0. The molecule has 1 atom stereocenters. The van der Waals surface area contributed by atoms with Gasteiger partial charge in [0.1, 0.15) is 18.2 Å². The lowest BCUT2D eigenvalue weighted by Crippen LogP contribution is -2.43. The number of rotatable bonds is 8. The molecule has 0 radical (unpaired) electrons. The minimum absolute atomic E-state index is 0.00726. The summed E-state index contributed by atoms with van der Waals surface area (Å²) in [5.41, 5.74) is 9.39. The Morgan fingerprint density at radius 2 is 1.92 bits per heavy atom. The number of carbonyl (C=O) groups is 1. The molecule has 1 heterocycles. The summed E-state index contributed by atoms with van der Waals surface area (Å²) in [6.45, 7) is 5.04. The second kappa shape index (κ2) is 11.5. The number of hydrogen-bond donors (Lipinski definition) is 1. The Morgan fingerprint density at radius 3 is 2.54 bits per heavy atom. The number of ether oxygens (including phenoxy) is 2. The molecule has 204 valence electrons. The molecule has 0 aromatic heterocycles. The minimum Gasteiger partial charge on any atom is -0.487 e. The molecule has 0 spiro atoms. The molecule has 1 aliphatic carbocycles. The van der Waals surface area contributed by atoms with Gasteiger partial charge in [0.25, 0.3) is 5.69 Å². The fourth-order valence-corrected chi connectivity index (χ4v) is 6.60. The van der Waals surface area contributed by atoms with Crippen molar-refractivity contribution in [2.45, 2.75) is 39.2 Å². The SMILES string of the molecule is COCCN1C(N)=C(C#N)[C@@H](c2cc(Br)c(OCc3cccc([N+](=O)[O-])c3)c(Br)c2)C2=C1CC(C)(C)CC2=O. The molecule has 2 aromatic carbocycles. The summed E-state index contributed by atoms with van der Waals surface area (Å²) in [7, 11) is 1.60. The van der Waals surface area contributed by atoms with Gasteiger partial charge < -0.3 is 20.1 Å². The summed E-state index contributed by atoms with van der Waals surface area (Å²) in [4.78, 5) is 26.1. The van der Waals surface area contributed by atoms with Crippen LogP contribution in [0, 0.1) is 26.9 Å². The van der Waals surface area contributed by atoms with Crippen LogP contribution in [0.3, 0.4) is 0 Å². The molecule has 4 rings (SSSR count). The van der Waals surface area contributed by atoms with Crippen LogP contribution in [0.5, 0.6) is 5.75 Å². The third kappa shape index (κ3) is 5.88. The molecule has 0 bridgehead atoms. The van der Waals surface area contributed by atoms with Gasteiger partial charge in [-0.25, -0.2) is 0 Å². The van der Waals surface area contributed by atoms with Crippen LogP contribution < -0.4 is 10.5 Å². The van der Waals surface area contributed by atoms with E-state index < -0.39 is 10.8 Å². The maximum Gasteiger partial charge on any atom is 0.269 e. The third-order valence-corrected chi connectivity index (χ3v) is 8.04. The molecule has 0 saturated heterocycles. The van der Waals surface area contributed by atoms with Crippen LogP contribution in [0.2, 0.25) is 0 Å². The average molecular weight is 660 g/mol. The molecule has 0 amide bonds. The Bertz CT molecular complexity index is 1420. The number of benzene rings is 2. The maximum atomic E-state index is 13.6. The monoisotopic (exact) mass is 658 g/mol. The Balaban J connectivity index is 1.74. The van der Waals surface area contributed by atoms with Gasteiger partial charge in [0.05, 0.1) is 38.0 Å². The summed E-state index contributed by atoms with van der Waals surface area (Å²) in [5, 5.41) is 21.3. The molecular formula is C28H28Br2N4O5. The van der Waals surface area contributed by atoms with Crippen LogP contribution in [-0.4, -0.2) is 35.9 Å². The molecule has 1 aliphatic heterocycles.